The highest BCUT2D eigenvalue weighted by molar-refractivity contribution is 5.97. The lowest BCUT2D eigenvalue weighted by Crippen LogP contribution is -2.42. The molecule has 3 nitrogen and oxygen atoms in total. The SMILES string of the molecule is Cc1ccc(NC(=O)C(C)(O)Cc2ccccc2-c2ccccc2)cc1. The summed E-state index contributed by atoms with van der Waals surface area (Å²) in [4.78, 5) is 12.6. The first-order valence-electron chi connectivity index (χ1n) is 8.69. The van der Waals surface area contributed by atoms with Gasteiger partial charge >= 0.3 is 0 Å². The molecule has 132 valence electrons. The van der Waals surface area contributed by atoms with Crippen molar-refractivity contribution in [3.05, 3.63) is 90.0 Å². The lowest BCUT2D eigenvalue weighted by atomic mass is 9.90. The van der Waals surface area contributed by atoms with Gasteiger partial charge in [-0.25, -0.2) is 0 Å². The van der Waals surface area contributed by atoms with Crippen LogP contribution in [0, 0.1) is 6.92 Å². The van der Waals surface area contributed by atoms with E-state index in [0.29, 0.717) is 5.69 Å². The van der Waals surface area contributed by atoms with Crippen molar-refractivity contribution in [2.75, 3.05) is 5.32 Å². The molecule has 2 N–H and O–H groups in total. The summed E-state index contributed by atoms with van der Waals surface area (Å²) in [6, 6.07) is 25.4. The Morgan fingerprint density at radius 3 is 2.23 bits per heavy atom. The lowest BCUT2D eigenvalue weighted by molar-refractivity contribution is -0.132. The molecule has 0 saturated carbocycles. The van der Waals surface area contributed by atoms with Gasteiger partial charge in [-0.3, -0.25) is 4.79 Å². The van der Waals surface area contributed by atoms with Gasteiger partial charge in [0.05, 0.1) is 0 Å². The number of carbonyl (C=O) groups is 1. The minimum absolute atomic E-state index is 0.232. The summed E-state index contributed by atoms with van der Waals surface area (Å²) in [6.45, 7) is 3.54. The van der Waals surface area contributed by atoms with Crippen LogP contribution in [0.1, 0.15) is 18.1 Å². The van der Waals surface area contributed by atoms with E-state index < -0.39 is 11.5 Å². The molecule has 0 aliphatic carbocycles. The number of carbonyl (C=O) groups excluding carboxylic acids is 1. The molecule has 3 rings (SSSR count). The second kappa shape index (κ2) is 7.54. The number of anilines is 1. The number of nitrogens with one attached hydrogen (secondary N) is 1. The molecule has 1 unspecified atom stereocenters. The van der Waals surface area contributed by atoms with Crippen LogP contribution in [0.25, 0.3) is 11.1 Å². The Labute approximate surface area is 154 Å². The maximum Gasteiger partial charge on any atom is 0.256 e. The van der Waals surface area contributed by atoms with Crippen LogP contribution in [0.3, 0.4) is 0 Å². The first-order valence-corrected chi connectivity index (χ1v) is 8.69. The van der Waals surface area contributed by atoms with Crippen LogP contribution >= 0.6 is 0 Å². The van der Waals surface area contributed by atoms with E-state index in [1.807, 2.05) is 85.8 Å². The zero-order valence-electron chi connectivity index (χ0n) is 15.1. The molecule has 0 aromatic heterocycles. The van der Waals surface area contributed by atoms with Gasteiger partial charge in [0.2, 0.25) is 0 Å². The molecule has 1 amide bonds. The quantitative estimate of drug-likeness (QED) is 0.710. The van der Waals surface area contributed by atoms with Crippen molar-refractivity contribution in [2.45, 2.75) is 25.9 Å². The van der Waals surface area contributed by atoms with Crippen LogP contribution in [0.5, 0.6) is 0 Å². The van der Waals surface area contributed by atoms with Gasteiger partial charge in [-0.2, -0.15) is 0 Å². The summed E-state index contributed by atoms with van der Waals surface area (Å²) in [5.41, 5.74) is 3.30. The molecule has 0 heterocycles. The van der Waals surface area contributed by atoms with Crippen molar-refractivity contribution in [3.63, 3.8) is 0 Å². The van der Waals surface area contributed by atoms with Crippen LogP contribution in [0.4, 0.5) is 5.69 Å². The Balaban J connectivity index is 1.81. The van der Waals surface area contributed by atoms with E-state index in [2.05, 4.69) is 5.32 Å². The minimum atomic E-state index is -1.52. The van der Waals surface area contributed by atoms with Gasteiger partial charge in [-0.1, -0.05) is 72.3 Å². The molecular formula is C23H23NO2. The Morgan fingerprint density at radius 2 is 1.54 bits per heavy atom. The summed E-state index contributed by atoms with van der Waals surface area (Å²) >= 11 is 0. The zero-order chi connectivity index (χ0) is 18.6. The van der Waals surface area contributed by atoms with Gasteiger partial charge in [0, 0.05) is 12.1 Å². The highest BCUT2D eigenvalue weighted by atomic mass is 16.3. The van der Waals surface area contributed by atoms with Crippen LogP contribution < -0.4 is 5.32 Å². The molecule has 26 heavy (non-hydrogen) atoms. The van der Waals surface area contributed by atoms with Gasteiger partial charge in [-0.15, -0.1) is 0 Å². The van der Waals surface area contributed by atoms with Crippen molar-refractivity contribution in [3.8, 4) is 11.1 Å². The lowest BCUT2D eigenvalue weighted by Gasteiger charge is -2.24. The van der Waals surface area contributed by atoms with E-state index in [1.165, 1.54) is 0 Å². The number of hydrogen-bond donors (Lipinski definition) is 2. The predicted molar refractivity (Wildman–Crippen MR) is 106 cm³/mol. The summed E-state index contributed by atoms with van der Waals surface area (Å²) in [7, 11) is 0. The number of rotatable bonds is 5. The fourth-order valence-corrected chi connectivity index (χ4v) is 2.93. The fraction of sp³-hybridized carbons (Fsp3) is 0.174. The van der Waals surface area contributed by atoms with E-state index in [0.717, 1.165) is 22.3 Å². The van der Waals surface area contributed by atoms with E-state index in [4.69, 9.17) is 0 Å². The van der Waals surface area contributed by atoms with Crippen molar-refractivity contribution in [2.24, 2.45) is 0 Å². The number of benzene rings is 3. The smallest absolute Gasteiger partial charge is 0.256 e. The first-order chi connectivity index (χ1) is 12.5. The third-order valence-electron chi connectivity index (χ3n) is 4.44. The molecular weight excluding hydrogens is 322 g/mol. The largest absolute Gasteiger partial charge is 0.380 e. The second-order valence-corrected chi connectivity index (χ2v) is 6.79. The average molecular weight is 345 g/mol. The third-order valence-corrected chi connectivity index (χ3v) is 4.44. The van der Waals surface area contributed by atoms with Gasteiger partial charge in [0.1, 0.15) is 5.60 Å². The summed E-state index contributed by atoms with van der Waals surface area (Å²) < 4.78 is 0. The minimum Gasteiger partial charge on any atom is -0.380 e. The molecule has 0 fully saturated rings. The summed E-state index contributed by atoms with van der Waals surface area (Å²) in [5.74, 6) is -0.413. The van der Waals surface area contributed by atoms with E-state index in [9.17, 15) is 9.90 Å². The van der Waals surface area contributed by atoms with Crippen LogP contribution in [-0.4, -0.2) is 16.6 Å². The molecule has 0 saturated heterocycles. The molecule has 0 spiro atoms. The van der Waals surface area contributed by atoms with Crippen molar-refractivity contribution >= 4 is 11.6 Å². The summed E-state index contributed by atoms with van der Waals surface area (Å²) in [5, 5.41) is 13.6. The Hall–Kier alpha value is -2.91. The maximum absolute atomic E-state index is 12.6. The first kappa shape index (κ1) is 17.9. The van der Waals surface area contributed by atoms with E-state index in [1.54, 1.807) is 6.92 Å². The second-order valence-electron chi connectivity index (χ2n) is 6.79. The van der Waals surface area contributed by atoms with E-state index in [-0.39, 0.29) is 6.42 Å². The molecule has 0 radical (unpaired) electrons. The van der Waals surface area contributed by atoms with Gasteiger partial charge in [0.15, 0.2) is 0 Å². The van der Waals surface area contributed by atoms with Crippen molar-refractivity contribution < 1.29 is 9.90 Å². The molecule has 0 bridgehead atoms. The Morgan fingerprint density at radius 1 is 0.923 bits per heavy atom. The van der Waals surface area contributed by atoms with Crippen molar-refractivity contribution in [1.82, 2.24) is 0 Å². The highest BCUT2D eigenvalue weighted by Gasteiger charge is 2.31. The van der Waals surface area contributed by atoms with Crippen molar-refractivity contribution in [1.29, 1.82) is 0 Å². The van der Waals surface area contributed by atoms with Crippen LogP contribution in [0.2, 0.25) is 0 Å². The average Bonchev–Trinajstić information content (AvgIpc) is 2.64. The topological polar surface area (TPSA) is 49.3 Å². The van der Waals surface area contributed by atoms with E-state index >= 15 is 0 Å². The zero-order valence-corrected chi connectivity index (χ0v) is 15.1. The number of aliphatic hydroxyl groups is 1. The summed E-state index contributed by atoms with van der Waals surface area (Å²) in [6.07, 6.45) is 0.232. The van der Waals surface area contributed by atoms with Crippen LogP contribution in [-0.2, 0) is 11.2 Å². The maximum atomic E-state index is 12.6. The van der Waals surface area contributed by atoms with Gasteiger partial charge < -0.3 is 10.4 Å². The standard InChI is InChI=1S/C23H23NO2/c1-17-12-14-20(15-13-17)24-22(25)23(2,26)16-19-10-6-7-11-21(19)18-8-4-3-5-9-18/h3-15,26H,16H2,1-2H3,(H,24,25). The molecule has 3 aromatic carbocycles. The van der Waals surface area contributed by atoms with Crippen LogP contribution in [0.15, 0.2) is 78.9 Å². The normalized spacial score (nSPS) is 13.0. The number of hydrogen-bond acceptors (Lipinski definition) is 2. The van der Waals surface area contributed by atoms with Gasteiger partial charge in [0.25, 0.3) is 5.91 Å². The highest BCUT2D eigenvalue weighted by Crippen LogP contribution is 2.27. The monoisotopic (exact) mass is 345 g/mol. The number of aryl methyl sites for hydroxylation is 1. The molecule has 0 aliphatic heterocycles. The molecule has 3 aromatic rings. The predicted octanol–water partition coefficient (Wildman–Crippen LogP) is 4.59. The fourth-order valence-electron chi connectivity index (χ4n) is 2.93. The molecule has 3 heteroatoms. The Bertz CT molecular complexity index is 884. The third kappa shape index (κ3) is 4.19. The number of amides is 1. The molecule has 0 aliphatic rings. The Kier molecular flexibility index (Phi) is 5.19. The van der Waals surface area contributed by atoms with Gasteiger partial charge in [-0.05, 0) is 42.7 Å². The molecule has 1 atom stereocenters.